The molecule has 1 aliphatic carbocycles. The van der Waals surface area contributed by atoms with Crippen LogP contribution in [0.5, 0.6) is 0 Å². The Balaban J connectivity index is 0.00000147. The third kappa shape index (κ3) is 2.15. The first-order valence-electron chi connectivity index (χ1n) is 6.99. The summed E-state index contributed by atoms with van der Waals surface area (Å²) in [6.07, 6.45) is 4.04. The summed E-state index contributed by atoms with van der Waals surface area (Å²) >= 11 is 0. The van der Waals surface area contributed by atoms with Crippen molar-refractivity contribution in [2.75, 3.05) is 0 Å². The molecule has 2 heterocycles. The molecule has 0 aromatic rings. The minimum absolute atomic E-state index is 0. The standard InChI is InChI=1S/C14H19NO4.Na/c1-7(16)10-11-8-5-3-2-4-6-9(8)12(14(18)19)15(11)13(10)17;/h7-8,10-11,16H,2-6H2,1H3,(H,18,19);/q;+1/p-1/t7-,8-,10-,11-;/m1./s1. The van der Waals surface area contributed by atoms with Crippen LogP contribution in [-0.4, -0.2) is 34.0 Å². The number of hydrogen-bond acceptors (Lipinski definition) is 4. The van der Waals surface area contributed by atoms with E-state index in [2.05, 4.69) is 0 Å². The van der Waals surface area contributed by atoms with Crippen LogP contribution in [0.15, 0.2) is 11.3 Å². The molecule has 1 saturated carbocycles. The van der Waals surface area contributed by atoms with E-state index in [1.54, 1.807) is 6.92 Å². The van der Waals surface area contributed by atoms with Crippen molar-refractivity contribution in [1.29, 1.82) is 0 Å². The molecule has 3 rings (SSSR count). The Morgan fingerprint density at radius 2 is 2.10 bits per heavy atom. The molecule has 0 spiro atoms. The average Bonchev–Trinajstić information content (AvgIpc) is 2.48. The van der Waals surface area contributed by atoms with Gasteiger partial charge in [0.05, 0.1) is 29.7 Å². The van der Waals surface area contributed by atoms with Gasteiger partial charge in [-0.3, -0.25) is 4.79 Å². The summed E-state index contributed by atoms with van der Waals surface area (Å²) in [5.41, 5.74) is 0.970. The van der Waals surface area contributed by atoms with Gasteiger partial charge in [-0.2, -0.15) is 0 Å². The van der Waals surface area contributed by atoms with E-state index in [0.29, 0.717) is 0 Å². The molecule has 0 aromatic heterocycles. The van der Waals surface area contributed by atoms with Crippen molar-refractivity contribution < 1.29 is 49.4 Å². The first kappa shape index (κ1) is 16.0. The normalized spacial score (nSPS) is 33.6. The van der Waals surface area contributed by atoms with Crippen LogP contribution in [-0.2, 0) is 9.59 Å². The fourth-order valence-corrected chi connectivity index (χ4v) is 3.98. The van der Waals surface area contributed by atoms with Gasteiger partial charge in [0.25, 0.3) is 0 Å². The van der Waals surface area contributed by atoms with Crippen LogP contribution in [0.2, 0.25) is 0 Å². The fourth-order valence-electron chi connectivity index (χ4n) is 3.98. The van der Waals surface area contributed by atoms with E-state index in [9.17, 15) is 19.8 Å². The van der Waals surface area contributed by atoms with Crippen molar-refractivity contribution >= 4 is 11.9 Å². The van der Waals surface area contributed by atoms with E-state index >= 15 is 0 Å². The van der Waals surface area contributed by atoms with Crippen LogP contribution < -0.4 is 34.7 Å². The molecule has 2 aliphatic heterocycles. The fraction of sp³-hybridized carbons (Fsp3) is 0.714. The minimum atomic E-state index is -1.25. The van der Waals surface area contributed by atoms with Crippen LogP contribution >= 0.6 is 0 Å². The van der Waals surface area contributed by atoms with Crippen molar-refractivity contribution in [3.63, 3.8) is 0 Å². The molecule has 2 fully saturated rings. The second-order valence-corrected chi connectivity index (χ2v) is 5.83. The van der Waals surface area contributed by atoms with E-state index in [0.717, 1.165) is 37.7 Å². The molecule has 104 valence electrons. The second-order valence-electron chi connectivity index (χ2n) is 5.83. The molecular weight excluding hydrogens is 269 g/mol. The number of nitrogens with zero attached hydrogens (tertiary/aromatic N) is 1. The van der Waals surface area contributed by atoms with Gasteiger partial charge >= 0.3 is 29.6 Å². The van der Waals surface area contributed by atoms with Crippen LogP contribution in [0.25, 0.3) is 0 Å². The van der Waals surface area contributed by atoms with Crippen LogP contribution in [0.3, 0.4) is 0 Å². The first-order valence-corrected chi connectivity index (χ1v) is 6.99. The van der Waals surface area contributed by atoms with Crippen molar-refractivity contribution in [3.05, 3.63) is 11.3 Å². The quantitative estimate of drug-likeness (QED) is 0.428. The number of carboxylic acids is 1. The third-order valence-electron chi connectivity index (χ3n) is 4.77. The molecule has 0 aromatic carbocycles. The summed E-state index contributed by atoms with van der Waals surface area (Å²) in [4.78, 5) is 24.8. The van der Waals surface area contributed by atoms with E-state index in [-0.39, 0.29) is 53.1 Å². The van der Waals surface area contributed by atoms with Crippen molar-refractivity contribution in [1.82, 2.24) is 4.90 Å². The third-order valence-corrected chi connectivity index (χ3v) is 4.77. The topological polar surface area (TPSA) is 80.7 Å². The van der Waals surface area contributed by atoms with Crippen LogP contribution in [0.4, 0.5) is 0 Å². The maximum atomic E-state index is 12.1. The Bertz CT molecular complexity index is 474. The molecule has 1 N–H and O–H groups in total. The number of amides is 1. The molecule has 6 heteroatoms. The number of aliphatic hydroxyl groups is 1. The maximum Gasteiger partial charge on any atom is 1.00 e. The van der Waals surface area contributed by atoms with E-state index < -0.39 is 18.0 Å². The number of rotatable bonds is 2. The molecule has 5 nitrogen and oxygen atoms in total. The Hall–Kier alpha value is -0.360. The molecule has 4 atom stereocenters. The van der Waals surface area contributed by atoms with Gasteiger partial charge in [-0.1, -0.05) is 12.8 Å². The van der Waals surface area contributed by atoms with Gasteiger partial charge < -0.3 is 19.9 Å². The van der Waals surface area contributed by atoms with Gasteiger partial charge in [-0.05, 0) is 31.8 Å². The van der Waals surface area contributed by atoms with Gasteiger partial charge in [0.1, 0.15) is 0 Å². The number of β-lactam (4-membered cyclic amide) rings is 1. The predicted octanol–water partition coefficient (Wildman–Crippen LogP) is -3.20. The molecule has 3 aliphatic rings. The summed E-state index contributed by atoms with van der Waals surface area (Å²) in [5, 5.41) is 21.1. The van der Waals surface area contributed by atoms with Crippen molar-refractivity contribution in [2.45, 2.75) is 51.2 Å². The summed E-state index contributed by atoms with van der Waals surface area (Å²) in [6.45, 7) is 1.60. The monoisotopic (exact) mass is 287 g/mol. The van der Waals surface area contributed by atoms with Crippen LogP contribution in [0.1, 0.15) is 39.0 Å². The SMILES string of the molecule is C[C@@H](O)[C@H]1C(=O)N2C(C(=O)[O-])=C3CCCCC[C@H]3[C@H]12.[Na+]. The molecule has 0 unspecified atom stereocenters. The number of carbonyl (C=O) groups is 2. The van der Waals surface area contributed by atoms with Gasteiger partial charge in [-0.25, -0.2) is 0 Å². The van der Waals surface area contributed by atoms with E-state index in [1.165, 1.54) is 4.90 Å². The summed E-state index contributed by atoms with van der Waals surface area (Å²) in [7, 11) is 0. The van der Waals surface area contributed by atoms with Crippen molar-refractivity contribution in [2.24, 2.45) is 11.8 Å². The average molecular weight is 287 g/mol. The zero-order chi connectivity index (χ0) is 13.7. The maximum absolute atomic E-state index is 12.1. The second kappa shape index (κ2) is 5.79. The Kier molecular flexibility index (Phi) is 4.64. The number of carboxylic acid groups (broad SMARTS) is 1. The van der Waals surface area contributed by atoms with Crippen molar-refractivity contribution in [3.8, 4) is 0 Å². The Morgan fingerprint density at radius 1 is 1.40 bits per heavy atom. The zero-order valence-corrected chi connectivity index (χ0v) is 14.0. The number of carbonyl (C=O) groups excluding carboxylic acids is 2. The molecule has 0 bridgehead atoms. The number of aliphatic hydroxyl groups excluding tert-OH is 1. The van der Waals surface area contributed by atoms with Crippen LogP contribution in [0, 0.1) is 11.8 Å². The van der Waals surface area contributed by atoms with Gasteiger partial charge in [0.2, 0.25) is 5.91 Å². The molecule has 1 saturated heterocycles. The van der Waals surface area contributed by atoms with E-state index in [1.807, 2.05) is 0 Å². The molecule has 0 radical (unpaired) electrons. The first-order chi connectivity index (χ1) is 9.04. The number of hydrogen-bond donors (Lipinski definition) is 1. The number of fused-ring (bicyclic) bond motifs is 3. The minimum Gasteiger partial charge on any atom is -0.543 e. The van der Waals surface area contributed by atoms with Gasteiger partial charge in [-0.15, -0.1) is 0 Å². The van der Waals surface area contributed by atoms with Gasteiger partial charge in [0, 0.05) is 5.92 Å². The van der Waals surface area contributed by atoms with E-state index in [4.69, 9.17) is 0 Å². The predicted molar refractivity (Wildman–Crippen MR) is 64.4 cm³/mol. The molecular formula is C14H18NNaO4. The number of aliphatic carboxylic acids is 1. The Labute approximate surface area is 140 Å². The summed E-state index contributed by atoms with van der Waals surface area (Å²) < 4.78 is 0. The molecule has 20 heavy (non-hydrogen) atoms. The van der Waals surface area contributed by atoms with Gasteiger partial charge in [0.15, 0.2) is 0 Å². The Morgan fingerprint density at radius 3 is 2.70 bits per heavy atom. The molecule has 1 amide bonds. The summed E-state index contributed by atoms with van der Waals surface area (Å²) in [5.74, 6) is -1.86. The smallest absolute Gasteiger partial charge is 0.543 e. The largest absolute Gasteiger partial charge is 1.00 e. The summed E-state index contributed by atoms with van der Waals surface area (Å²) in [6, 6.07) is -0.159. The zero-order valence-electron chi connectivity index (χ0n) is 12.0.